The van der Waals surface area contributed by atoms with Crippen LogP contribution in [0.5, 0.6) is 0 Å². The molecular formula is C20H20ClN3OS. The van der Waals surface area contributed by atoms with Crippen molar-refractivity contribution in [3.05, 3.63) is 58.6 Å². The Morgan fingerprint density at radius 1 is 1.35 bits per heavy atom. The van der Waals surface area contributed by atoms with Gasteiger partial charge >= 0.3 is 0 Å². The van der Waals surface area contributed by atoms with Crippen LogP contribution in [0.15, 0.2) is 47.6 Å². The van der Waals surface area contributed by atoms with E-state index in [1.165, 1.54) is 22.9 Å². The number of carbonyl (C=O) groups is 1. The fourth-order valence-corrected chi connectivity index (χ4v) is 4.43. The standard InChI is InChI=1S/C20H20ClN3OS/c1-12(26-20-23-17-10-9-14(21)11-18(17)24-20)19(25)22-16-8-4-6-13-5-2-3-7-15(13)16/h2-3,5,7,9-12,16H,4,6,8H2,1H3,(H,22,25)(H,23,24)/t12-,16-/m0/s1. The van der Waals surface area contributed by atoms with Gasteiger partial charge in [0.1, 0.15) is 0 Å². The summed E-state index contributed by atoms with van der Waals surface area (Å²) in [6, 6.07) is 14.0. The highest BCUT2D eigenvalue weighted by molar-refractivity contribution is 8.00. The quantitative estimate of drug-likeness (QED) is 0.628. The highest BCUT2D eigenvalue weighted by atomic mass is 35.5. The molecule has 4 rings (SSSR count). The van der Waals surface area contributed by atoms with Gasteiger partial charge in [0.25, 0.3) is 0 Å². The van der Waals surface area contributed by atoms with Crippen LogP contribution >= 0.6 is 23.4 Å². The minimum absolute atomic E-state index is 0.0372. The van der Waals surface area contributed by atoms with Gasteiger partial charge in [-0.3, -0.25) is 4.79 Å². The number of amides is 1. The second-order valence-corrected chi connectivity index (χ2v) is 8.38. The summed E-state index contributed by atoms with van der Waals surface area (Å²) in [6.07, 6.45) is 3.19. The summed E-state index contributed by atoms with van der Waals surface area (Å²) in [4.78, 5) is 20.5. The lowest BCUT2D eigenvalue weighted by molar-refractivity contribution is -0.121. The first-order valence-corrected chi connectivity index (χ1v) is 10.1. The lowest BCUT2D eigenvalue weighted by Gasteiger charge is -2.27. The maximum Gasteiger partial charge on any atom is 0.233 e. The first-order valence-electron chi connectivity index (χ1n) is 8.80. The number of fused-ring (bicyclic) bond motifs is 2. The van der Waals surface area contributed by atoms with Gasteiger partial charge in [0, 0.05) is 5.02 Å². The van der Waals surface area contributed by atoms with Crippen molar-refractivity contribution in [3.8, 4) is 0 Å². The summed E-state index contributed by atoms with van der Waals surface area (Å²) in [7, 11) is 0. The SMILES string of the molecule is C[C@H](Sc1nc2ccc(Cl)cc2[nH]1)C(=O)N[C@H]1CCCc2ccccc21. The maximum absolute atomic E-state index is 12.7. The fourth-order valence-electron chi connectivity index (χ4n) is 3.43. The molecular weight excluding hydrogens is 366 g/mol. The van der Waals surface area contributed by atoms with Gasteiger partial charge in [-0.1, -0.05) is 47.6 Å². The molecule has 0 fully saturated rings. The van der Waals surface area contributed by atoms with Crippen molar-refractivity contribution in [2.75, 3.05) is 0 Å². The molecule has 0 radical (unpaired) electrons. The molecule has 1 aromatic heterocycles. The number of aryl methyl sites for hydroxylation is 1. The van der Waals surface area contributed by atoms with E-state index in [1.54, 1.807) is 0 Å². The Balaban J connectivity index is 1.45. The summed E-state index contributed by atoms with van der Waals surface area (Å²) in [5.41, 5.74) is 4.33. The summed E-state index contributed by atoms with van der Waals surface area (Å²) >= 11 is 7.45. The molecule has 0 bridgehead atoms. The van der Waals surface area contributed by atoms with E-state index in [0.717, 1.165) is 35.5 Å². The number of rotatable bonds is 4. The zero-order valence-electron chi connectivity index (χ0n) is 14.5. The van der Waals surface area contributed by atoms with Gasteiger partial charge in [-0.25, -0.2) is 4.98 Å². The molecule has 0 aliphatic heterocycles. The highest BCUT2D eigenvalue weighted by Gasteiger charge is 2.24. The maximum atomic E-state index is 12.7. The number of aromatic nitrogens is 2. The summed E-state index contributed by atoms with van der Waals surface area (Å²) in [6.45, 7) is 1.91. The van der Waals surface area contributed by atoms with Gasteiger partial charge < -0.3 is 10.3 Å². The molecule has 4 nitrogen and oxygen atoms in total. The molecule has 1 aliphatic carbocycles. The molecule has 2 atom stereocenters. The Kier molecular flexibility index (Phi) is 4.92. The Morgan fingerprint density at radius 3 is 3.08 bits per heavy atom. The number of aromatic amines is 1. The summed E-state index contributed by atoms with van der Waals surface area (Å²) in [5.74, 6) is 0.0372. The molecule has 134 valence electrons. The average molecular weight is 386 g/mol. The van der Waals surface area contributed by atoms with Crippen molar-refractivity contribution in [1.82, 2.24) is 15.3 Å². The third-order valence-electron chi connectivity index (χ3n) is 4.77. The monoisotopic (exact) mass is 385 g/mol. The Hall–Kier alpha value is -1.98. The van der Waals surface area contributed by atoms with Crippen LogP contribution in [0.2, 0.25) is 5.02 Å². The predicted octanol–water partition coefficient (Wildman–Crippen LogP) is 4.89. The number of carbonyl (C=O) groups excluding carboxylic acids is 1. The molecule has 0 saturated carbocycles. The lowest BCUT2D eigenvalue weighted by atomic mass is 9.88. The molecule has 1 aliphatic rings. The smallest absolute Gasteiger partial charge is 0.233 e. The third kappa shape index (κ3) is 3.60. The van der Waals surface area contributed by atoms with Crippen molar-refractivity contribution in [2.24, 2.45) is 0 Å². The van der Waals surface area contributed by atoms with Crippen molar-refractivity contribution in [3.63, 3.8) is 0 Å². The Morgan fingerprint density at radius 2 is 2.19 bits per heavy atom. The van der Waals surface area contributed by atoms with E-state index in [4.69, 9.17) is 11.6 Å². The van der Waals surface area contributed by atoms with Crippen LogP contribution < -0.4 is 5.32 Å². The van der Waals surface area contributed by atoms with Crippen LogP contribution in [-0.2, 0) is 11.2 Å². The van der Waals surface area contributed by atoms with Crippen molar-refractivity contribution >= 4 is 40.3 Å². The van der Waals surface area contributed by atoms with Crippen molar-refractivity contribution < 1.29 is 4.79 Å². The van der Waals surface area contributed by atoms with Gasteiger partial charge in [0.2, 0.25) is 5.91 Å². The van der Waals surface area contributed by atoms with Crippen molar-refractivity contribution in [2.45, 2.75) is 42.6 Å². The summed E-state index contributed by atoms with van der Waals surface area (Å²) < 4.78 is 0. The van der Waals surface area contributed by atoms with Crippen molar-refractivity contribution in [1.29, 1.82) is 0 Å². The first kappa shape index (κ1) is 17.4. The topological polar surface area (TPSA) is 57.8 Å². The third-order valence-corrected chi connectivity index (χ3v) is 5.99. The number of thioether (sulfide) groups is 1. The second kappa shape index (κ2) is 7.33. The van der Waals surface area contributed by atoms with Gasteiger partial charge in [-0.15, -0.1) is 0 Å². The van der Waals surface area contributed by atoms with Crippen LogP contribution in [0.25, 0.3) is 11.0 Å². The molecule has 1 heterocycles. The van der Waals surface area contributed by atoms with Gasteiger partial charge in [0.15, 0.2) is 5.16 Å². The number of imidazole rings is 1. The lowest BCUT2D eigenvalue weighted by Crippen LogP contribution is -2.35. The molecule has 0 spiro atoms. The van der Waals surface area contributed by atoms with E-state index in [2.05, 4.69) is 33.5 Å². The van der Waals surface area contributed by atoms with Crippen LogP contribution in [0, 0.1) is 0 Å². The zero-order chi connectivity index (χ0) is 18.1. The Labute approximate surface area is 161 Å². The number of halogens is 1. The fraction of sp³-hybridized carbons (Fsp3) is 0.300. The molecule has 2 aromatic carbocycles. The molecule has 0 saturated heterocycles. The minimum atomic E-state index is -0.236. The Bertz CT molecular complexity index is 955. The van der Waals surface area contributed by atoms with Crippen LogP contribution in [-0.4, -0.2) is 21.1 Å². The van der Waals surface area contributed by atoms with Gasteiger partial charge in [-0.05, 0) is 55.5 Å². The van der Waals surface area contributed by atoms with Crippen LogP contribution in [0.1, 0.15) is 36.9 Å². The van der Waals surface area contributed by atoms with E-state index in [-0.39, 0.29) is 17.2 Å². The molecule has 2 N–H and O–H groups in total. The highest BCUT2D eigenvalue weighted by Crippen LogP contribution is 2.30. The first-order chi connectivity index (χ1) is 12.6. The molecule has 26 heavy (non-hydrogen) atoms. The van der Waals surface area contributed by atoms with E-state index in [9.17, 15) is 4.79 Å². The van der Waals surface area contributed by atoms with E-state index < -0.39 is 0 Å². The number of hydrogen-bond donors (Lipinski definition) is 2. The largest absolute Gasteiger partial charge is 0.348 e. The van der Waals surface area contributed by atoms with Crippen LogP contribution in [0.4, 0.5) is 0 Å². The number of hydrogen-bond acceptors (Lipinski definition) is 3. The number of H-pyrrole nitrogens is 1. The second-order valence-electron chi connectivity index (χ2n) is 6.62. The number of benzene rings is 2. The summed E-state index contributed by atoms with van der Waals surface area (Å²) in [5, 5.41) is 4.38. The predicted molar refractivity (Wildman–Crippen MR) is 107 cm³/mol. The zero-order valence-corrected chi connectivity index (χ0v) is 16.0. The van der Waals surface area contributed by atoms with E-state index >= 15 is 0 Å². The molecule has 6 heteroatoms. The number of nitrogens with zero attached hydrogens (tertiary/aromatic N) is 1. The molecule has 3 aromatic rings. The average Bonchev–Trinajstić information content (AvgIpc) is 3.03. The van der Waals surface area contributed by atoms with Gasteiger partial charge in [-0.2, -0.15) is 0 Å². The molecule has 1 amide bonds. The van der Waals surface area contributed by atoms with E-state index in [0.29, 0.717) is 5.02 Å². The molecule has 0 unspecified atom stereocenters. The normalized spacial score (nSPS) is 17.7. The minimum Gasteiger partial charge on any atom is -0.348 e. The van der Waals surface area contributed by atoms with Gasteiger partial charge in [0.05, 0.1) is 22.3 Å². The van der Waals surface area contributed by atoms with E-state index in [1.807, 2.05) is 31.2 Å². The number of nitrogens with one attached hydrogen (secondary N) is 2. The van der Waals surface area contributed by atoms with Crippen LogP contribution in [0.3, 0.4) is 0 Å².